The van der Waals surface area contributed by atoms with Crippen LogP contribution in [0.5, 0.6) is 0 Å². The first-order valence-corrected chi connectivity index (χ1v) is 3.68. The second-order valence-corrected chi connectivity index (χ2v) is 2.56. The van der Waals surface area contributed by atoms with Crippen LogP contribution in [-0.4, -0.2) is 43.8 Å². The fraction of sp³-hybridized carbons (Fsp3) is 0.625. The van der Waals surface area contributed by atoms with Crippen molar-refractivity contribution in [3.63, 3.8) is 0 Å². The van der Waals surface area contributed by atoms with Gasteiger partial charge < -0.3 is 9.64 Å². The highest BCUT2D eigenvalue weighted by molar-refractivity contribution is 5.77. The maximum absolute atomic E-state index is 11.6. The molecule has 0 aliphatic rings. The van der Waals surface area contributed by atoms with E-state index in [0.717, 1.165) is 4.90 Å². The van der Waals surface area contributed by atoms with Gasteiger partial charge in [0.05, 0.1) is 6.54 Å². The van der Waals surface area contributed by atoms with E-state index in [2.05, 4.69) is 10.7 Å². The molecule has 6 heteroatoms. The van der Waals surface area contributed by atoms with E-state index in [-0.39, 0.29) is 6.54 Å². The van der Waals surface area contributed by atoms with Crippen molar-refractivity contribution in [2.24, 2.45) is 0 Å². The van der Waals surface area contributed by atoms with E-state index in [1.165, 1.54) is 7.05 Å². The Kier molecular flexibility index (Phi) is 5.02. The largest absolute Gasteiger partial charge is 0.411 e. The van der Waals surface area contributed by atoms with Crippen molar-refractivity contribution in [1.82, 2.24) is 4.90 Å². The molecule has 0 spiro atoms. The molecular weight excluding hydrogens is 199 g/mol. The van der Waals surface area contributed by atoms with Gasteiger partial charge in [-0.05, 0) is 0 Å². The van der Waals surface area contributed by atoms with E-state index in [1.54, 1.807) is 0 Å². The molecule has 1 amide bonds. The summed E-state index contributed by atoms with van der Waals surface area (Å²) in [7, 11) is 1.39. The van der Waals surface area contributed by atoms with Crippen molar-refractivity contribution < 1.29 is 22.7 Å². The van der Waals surface area contributed by atoms with Crippen LogP contribution in [0.1, 0.15) is 0 Å². The summed E-state index contributed by atoms with van der Waals surface area (Å²) in [6.07, 6.45) is 0.489. The molecule has 0 N–H and O–H groups in total. The van der Waals surface area contributed by atoms with E-state index in [4.69, 9.17) is 6.42 Å². The number of terminal acetylenes is 1. The maximum atomic E-state index is 11.6. The van der Waals surface area contributed by atoms with E-state index in [9.17, 15) is 18.0 Å². The molecule has 3 nitrogen and oxygen atoms in total. The first-order chi connectivity index (χ1) is 6.37. The lowest BCUT2D eigenvalue weighted by molar-refractivity contribution is -0.177. The average Bonchev–Trinajstić information content (AvgIpc) is 2.02. The molecule has 0 aromatic carbocycles. The van der Waals surface area contributed by atoms with E-state index in [1.807, 2.05) is 0 Å². The van der Waals surface area contributed by atoms with E-state index < -0.39 is 25.3 Å². The van der Waals surface area contributed by atoms with Gasteiger partial charge in [0.25, 0.3) is 0 Å². The zero-order valence-electron chi connectivity index (χ0n) is 7.60. The minimum Gasteiger partial charge on any atom is -0.362 e. The number of carbonyl (C=O) groups excluding carboxylic acids is 1. The number of carbonyl (C=O) groups is 1. The highest BCUT2D eigenvalue weighted by Gasteiger charge is 2.27. The molecule has 0 aliphatic carbocycles. The Morgan fingerprint density at radius 1 is 1.57 bits per heavy atom. The first-order valence-electron chi connectivity index (χ1n) is 3.68. The van der Waals surface area contributed by atoms with Gasteiger partial charge in [0.1, 0.15) is 13.2 Å². The third-order valence-electron chi connectivity index (χ3n) is 1.25. The lowest BCUT2D eigenvalue weighted by atomic mass is 10.5. The van der Waals surface area contributed by atoms with Crippen LogP contribution >= 0.6 is 0 Å². The lowest BCUT2D eigenvalue weighted by Gasteiger charge is -2.14. The maximum Gasteiger partial charge on any atom is 0.411 e. The number of nitrogens with zero attached hydrogens (tertiary/aromatic N) is 1. The van der Waals surface area contributed by atoms with Crippen LogP contribution in [0.25, 0.3) is 0 Å². The Morgan fingerprint density at radius 3 is 2.57 bits per heavy atom. The van der Waals surface area contributed by atoms with Crippen LogP contribution in [0.3, 0.4) is 0 Å². The topological polar surface area (TPSA) is 29.5 Å². The van der Waals surface area contributed by atoms with Crippen molar-refractivity contribution in [3.8, 4) is 12.3 Å². The molecule has 0 aromatic rings. The number of hydrogen-bond acceptors (Lipinski definition) is 2. The van der Waals surface area contributed by atoms with Gasteiger partial charge in [0, 0.05) is 7.05 Å². The SMILES string of the molecule is C#CCN(C)C(=O)COCC(F)(F)F. The Balaban J connectivity index is 3.71. The van der Waals surface area contributed by atoms with Crippen LogP contribution in [-0.2, 0) is 9.53 Å². The minimum absolute atomic E-state index is 0.0498. The molecule has 0 fully saturated rings. The highest BCUT2D eigenvalue weighted by Crippen LogP contribution is 2.14. The Morgan fingerprint density at radius 2 is 2.14 bits per heavy atom. The zero-order valence-corrected chi connectivity index (χ0v) is 7.60. The van der Waals surface area contributed by atoms with Gasteiger partial charge >= 0.3 is 6.18 Å². The number of likely N-dealkylation sites (N-methyl/N-ethyl adjacent to an activating group) is 1. The van der Waals surface area contributed by atoms with Crippen LogP contribution in [0.4, 0.5) is 13.2 Å². The minimum atomic E-state index is -4.41. The number of rotatable bonds is 4. The number of ether oxygens (including phenoxy) is 1. The van der Waals surface area contributed by atoms with Gasteiger partial charge in [-0.15, -0.1) is 6.42 Å². The summed E-state index contributed by atoms with van der Waals surface area (Å²) in [4.78, 5) is 12.1. The van der Waals surface area contributed by atoms with Gasteiger partial charge in [0.15, 0.2) is 0 Å². The van der Waals surface area contributed by atoms with Crippen LogP contribution in [0.15, 0.2) is 0 Å². The van der Waals surface area contributed by atoms with E-state index in [0.29, 0.717) is 0 Å². The van der Waals surface area contributed by atoms with Gasteiger partial charge in [-0.2, -0.15) is 13.2 Å². The molecule has 0 saturated heterocycles. The van der Waals surface area contributed by atoms with Crippen molar-refractivity contribution in [1.29, 1.82) is 0 Å². The Hall–Kier alpha value is -1.22. The van der Waals surface area contributed by atoms with Crippen LogP contribution < -0.4 is 0 Å². The van der Waals surface area contributed by atoms with Crippen molar-refractivity contribution in [3.05, 3.63) is 0 Å². The predicted octanol–water partition coefficient (Wildman–Crippen LogP) is 0.657. The third-order valence-corrected chi connectivity index (χ3v) is 1.25. The number of amides is 1. The summed E-state index contributed by atoms with van der Waals surface area (Å²) in [5.41, 5.74) is 0. The molecule has 14 heavy (non-hydrogen) atoms. The summed E-state index contributed by atoms with van der Waals surface area (Å²) in [5, 5.41) is 0. The monoisotopic (exact) mass is 209 g/mol. The van der Waals surface area contributed by atoms with Crippen molar-refractivity contribution >= 4 is 5.91 Å². The molecular formula is C8H10F3NO2. The van der Waals surface area contributed by atoms with Crippen LogP contribution in [0.2, 0.25) is 0 Å². The predicted molar refractivity (Wildman–Crippen MR) is 43.3 cm³/mol. The van der Waals surface area contributed by atoms with Gasteiger partial charge in [-0.3, -0.25) is 4.79 Å². The zero-order chi connectivity index (χ0) is 11.2. The van der Waals surface area contributed by atoms with Crippen LogP contribution in [0, 0.1) is 12.3 Å². The normalized spacial score (nSPS) is 10.8. The molecule has 0 aliphatic heterocycles. The molecule has 0 atom stereocenters. The van der Waals surface area contributed by atoms with Gasteiger partial charge in [-0.25, -0.2) is 0 Å². The Bertz CT molecular complexity index is 232. The summed E-state index contributed by atoms with van der Waals surface area (Å²) in [6, 6.07) is 0. The molecule has 0 saturated carbocycles. The van der Waals surface area contributed by atoms with Gasteiger partial charge in [0.2, 0.25) is 5.91 Å². The summed E-state index contributed by atoms with van der Waals surface area (Å²) in [6.45, 7) is -1.99. The standard InChI is InChI=1S/C8H10F3NO2/c1-3-4-12(2)7(13)5-14-6-8(9,10)11/h1H,4-6H2,2H3. The fourth-order valence-corrected chi connectivity index (χ4v) is 0.589. The second-order valence-electron chi connectivity index (χ2n) is 2.56. The molecule has 80 valence electrons. The second kappa shape index (κ2) is 5.50. The van der Waals surface area contributed by atoms with Crippen molar-refractivity contribution in [2.45, 2.75) is 6.18 Å². The lowest BCUT2D eigenvalue weighted by Crippen LogP contribution is -2.32. The fourth-order valence-electron chi connectivity index (χ4n) is 0.589. The highest BCUT2D eigenvalue weighted by atomic mass is 19.4. The quantitative estimate of drug-likeness (QED) is 0.636. The Labute approximate surface area is 79.8 Å². The molecule has 0 unspecified atom stereocenters. The summed E-state index contributed by atoms with van der Waals surface area (Å²) < 4.78 is 38.9. The van der Waals surface area contributed by atoms with E-state index >= 15 is 0 Å². The molecule has 0 aromatic heterocycles. The average molecular weight is 209 g/mol. The third kappa shape index (κ3) is 6.31. The number of alkyl halides is 3. The number of hydrogen-bond donors (Lipinski definition) is 0. The molecule has 0 bridgehead atoms. The van der Waals surface area contributed by atoms with Crippen molar-refractivity contribution in [2.75, 3.05) is 26.8 Å². The smallest absolute Gasteiger partial charge is 0.362 e. The number of halogens is 3. The molecule has 0 heterocycles. The molecule has 0 rings (SSSR count). The molecule has 0 radical (unpaired) electrons. The summed E-state index contributed by atoms with van der Waals surface area (Å²) >= 11 is 0. The van der Waals surface area contributed by atoms with Gasteiger partial charge in [-0.1, -0.05) is 5.92 Å². The summed E-state index contributed by atoms with van der Waals surface area (Å²) in [5.74, 6) is 1.61. The first kappa shape index (κ1) is 12.8.